The summed E-state index contributed by atoms with van der Waals surface area (Å²) in [6.45, 7) is 7.77. The first kappa shape index (κ1) is 14.8. The van der Waals surface area contributed by atoms with E-state index in [1.165, 1.54) is 22.3 Å². The van der Waals surface area contributed by atoms with Gasteiger partial charge in [-0.05, 0) is 50.6 Å². The second-order valence-corrected chi connectivity index (χ2v) is 5.46. The molecule has 1 atom stereocenters. The zero-order chi connectivity index (χ0) is 14.7. The van der Waals surface area contributed by atoms with Gasteiger partial charge in [0.15, 0.2) is 0 Å². The predicted molar refractivity (Wildman–Crippen MR) is 82.6 cm³/mol. The van der Waals surface area contributed by atoms with E-state index in [0.717, 1.165) is 12.3 Å². The van der Waals surface area contributed by atoms with Crippen molar-refractivity contribution in [1.29, 1.82) is 0 Å². The molecule has 0 spiro atoms. The van der Waals surface area contributed by atoms with Gasteiger partial charge < -0.3 is 10.2 Å². The second-order valence-electron chi connectivity index (χ2n) is 5.46. The number of aryl methyl sites for hydroxylation is 2. The fraction of sp³-hybridized carbons (Fsp3) is 0.412. The molecule has 0 amide bonds. The first-order valence-electron chi connectivity index (χ1n) is 7.04. The Morgan fingerprint density at radius 1 is 1.20 bits per heavy atom. The lowest BCUT2D eigenvalue weighted by molar-refractivity contribution is 0.239. The standard InChI is InChI=1S/C17H24N2O/c1-12-6-5-7-16(13(12)2)17(10-18)19(4)11-15-8-9-20-14(15)3/h5-9,17H,10-11,18H2,1-4H3. The zero-order valence-electron chi connectivity index (χ0n) is 12.8. The molecular formula is C17H24N2O. The Kier molecular flexibility index (Phi) is 4.63. The quantitative estimate of drug-likeness (QED) is 0.907. The Hall–Kier alpha value is -1.58. The van der Waals surface area contributed by atoms with Crippen molar-refractivity contribution in [2.45, 2.75) is 33.4 Å². The van der Waals surface area contributed by atoms with Crippen molar-refractivity contribution < 1.29 is 4.42 Å². The van der Waals surface area contributed by atoms with Crippen LogP contribution in [0.15, 0.2) is 34.9 Å². The molecule has 0 aliphatic rings. The van der Waals surface area contributed by atoms with E-state index < -0.39 is 0 Å². The van der Waals surface area contributed by atoms with Crippen molar-refractivity contribution in [3.05, 3.63) is 58.5 Å². The summed E-state index contributed by atoms with van der Waals surface area (Å²) in [5.41, 5.74) is 11.2. The van der Waals surface area contributed by atoms with Gasteiger partial charge in [0.25, 0.3) is 0 Å². The van der Waals surface area contributed by atoms with Gasteiger partial charge in [0, 0.05) is 24.7 Å². The van der Waals surface area contributed by atoms with Crippen LogP contribution in [0.25, 0.3) is 0 Å². The molecule has 0 fully saturated rings. The van der Waals surface area contributed by atoms with Crippen LogP contribution in [0.2, 0.25) is 0 Å². The SMILES string of the molecule is Cc1cccc(C(CN)N(C)Cc2ccoc2C)c1C. The molecule has 0 aliphatic carbocycles. The molecule has 2 aromatic rings. The van der Waals surface area contributed by atoms with Gasteiger partial charge in [-0.3, -0.25) is 4.90 Å². The van der Waals surface area contributed by atoms with Gasteiger partial charge in [0.2, 0.25) is 0 Å². The van der Waals surface area contributed by atoms with E-state index in [9.17, 15) is 0 Å². The minimum absolute atomic E-state index is 0.226. The van der Waals surface area contributed by atoms with Gasteiger partial charge in [0.05, 0.1) is 6.26 Å². The van der Waals surface area contributed by atoms with Gasteiger partial charge in [-0.1, -0.05) is 18.2 Å². The molecule has 3 heteroatoms. The van der Waals surface area contributed by atoms with E-state index >= 15 is 0 Å². The summed E-state index contributed by atoms with van der Waals surface area (Å²) in [6.07, 6.45) is 1.74. The molecule has 1 aromatic carbocycles. The van der Waals surface area contributed by atoms with Crippen molar-refractivity contribution in [1.82, 2.24) is 4.90 Å². The van der Waals surface area contributed by atoms with E-state index in [1.54, 1.807) is 6.26 Å². The van der Waals surface area contributed by atoms with E-state index in [0.29, 0.717) is 6.54 Å². The average molecular weight is 272 g/mol. The van der Waals surface area contributed by atoms with E-state index in [2.05, 4.69) is 44.0 Å². The van der Waals surface area contributed by atoms with Gasteiger partial charge in [0.1, 0.15) is 5.76 Å². The molecule has 3 nitrogen and oxygen atoms in total. The summed E-state index contributed by atoms with van der Waals surface area (Å²) in [6, 6.07) is 8.69. The monoisotopic (exact) mass is 272 g/mol. The summed E-state index contributed by atoms with van der Waals surface area (Å²) in [4.78, 5) is 2.29. The van der Waals surface area contributed by atoms with Crippen LogP contribution in [0.4, 0.5) is 0 Å². The topological polar surface area (TPSA) is 42.4 Å². The average Bonchev–Trinajstić information content (AvgIpc) is 2.81. The van der Waals surface area contributed by atoms with Crippen LogP contribution in [0.1, 0.15) is 34.1 Å². The highest BCUT2D eigenvalue weighted by atomic mass is 16.3. The number of rotatable bonds is 5. The van der Waals surface area contributed by atoms with Crippen LogP contribution in [0.5, 0.6) is 0 Å². The van der Waals surface area contributed by atoms with Gasteiger partial charge in [-0.2, -0.15) is 0 Å². The maximum Gasteiger partial charge on any atom is 0.105 e. The molecule has 0 radical (unpaired) electrons. The molecule has 20 heavy (non-hydrogen) atoms. The predicted octanol–water partition coefficient (Wildman–Crippen LogP) is 3.34. The maximum absolute atomic E-state index is 6.03. The largest absolute Gasteiger partial charge is 0.469 e. The number of nitrogens with zero attached hydrogens (tertiary/aromatic N) is 1. The maximum atomic E-state index is 6.03. The van der Waals surface area contributed by atoms with Gasteiger partial charge in [-0.25, -0.2) is 0 Å². The van der Waals surface area contributed by atoms with E-state index in [1.807, 2.05) is 13.0 Å². The second kappa shape index (κ2) is 6.25. The fourth-order valence-electron chi connectivity index (χ4n) is 2.63. The minimum atomic E-state index is 0.226. The van der Waals surface area contributed by atoms with E-state index in [-0.39, 0.29) is 6.04 Å². The molecule has 108 valence electrons. The summed E-state index contributed by atoms with van der Waals surface area (Å²) >= 11 is 0. The van der Waals surface area contributed by atoms with E-state index in [4.69, 9.17) is 10.2 Å². The van der Waals surface area contributed by atoms with Crippen molar-refractivity contribution in [2.75, 3.05) is 13.6 Å². The molecule has 1 heterocycles. The van der Waals surface area contributed by atoms with Crippen LogP contribution < -0.4 is 5.73 Å². The lowest BCUT2D eigenvalue weighted by atomic mass is 9.96. The Labute approximate surface area is 121 Å². The van der Waals surface area contributed by atoms with Crippen LogP contribution >= 0.6 is 0 Å². The van der Waals surface area contributed by atoms with Crippen LogP contribution in [0, 0.1) is 20.8 Å². The summed E-state index contributed by atoms with van der Waals surface area (Å²) < 4.78 is 5.37. The third-order valence-corrected chi connectivity index (χ3v) is 4.15. The van der Waals surface area contributed by atoms with Gasteiger partial charge >= 0.3 is 0 Å². The molecule has 1 unspecified atom stereocenters. The lowest BCUT2D eigenvalue weighted by Gasteiger charge is -2.29. The lowest BCUT2D eigenvalue weighted by Crippen LogP contribution is -2.31. The molecule has 0 saturated carbocycles. The highest BCUT2D eigenvalue weighted by Gasteiger charge is 2.19. The number of hydrogen-bond donors (Lipinski definition) is 1. The molecule has 0 aliphatic heterocycles. The van der Waals surface area contributed by atoms with Crippen molar-refractivity contribution in [2.24, 2.45) is 5.73 Å². The van der Waals surface area contributed by atoms with Crippen LogP contribution in [-0.4, -0.2) is 18.5 Å². The first-order chi connectivity index (χ1) is 9.54. The number of furan rings is 1. The Balaban J connectivity index is 2.23. The summed E-state index contributed by atoms with van der Waals surface area (Å²) in [5, 5.41) is 0. The van der Waals surface area contributed by atoms with Crippen molar-refractivity contribution in [3.8, 4) is 0 Å². The molecule has 2 N–H and O–H groups in total. The highest BCUT2D eigenvalue weighted by molar-refractivity contribution is 5.35. The molecule has 0 bridgehead atoms. The van der Waals surface area contributed by atoms with Crippen molar-refractivity contribution in [3.63, 3.8) is 0 Å². The Bertz CT molecular complexity index is 574. The van der Waals surface area contributed by atoms with Gasteiger partial charge in [-0.15, -0.1) is 0 Å². The zero-order valence-corrected chi connectivity index (χ0v) is 12.8. The number of nitrogens with two attached hydrogens (primary N) is 1. The summed E-state index contributed by atoms with van der Waals surface area (Å²) in [7, 11) is 2.12. The summed E-state index contributed by atoms with van der Waals surface area (Å²) in [5.74, 6) is 0.980. The third-order valence-electron chi connectivity index (χ3n) is 4.15. The fourth-order valence-corrected chi connectivity index (χ4v) is 2.63. The van der Waals surface area contributed by atoms with Crippen molar-refractivity contribution >= 4 is 0 Å². The Morgan fingerprint density at radius 3 is 2.55 bits per heavy atom. The number of likely N-dealkylation sites (N-methyl/N-ethyl adjacent to an activating group) is 1. The third kappa shape index (κ3) is 2.94. The minimum Gasteiger partial charge on any atom is -0.469 e. The van der Waals surface area contributed by atoms with Crippen LogP contribution in [-0.2, 0) is 6.54 Å². The molecule has 1 aromatic heterocycles. The number of benzene rings is 1. The smallest absolute Gasteiger partial charge is 0.105 e. The molecule has 2 rings (SSSR count). The normalized spacial score (nSPS) is 12.9. The molecule has 0 saturated heterocycles. The first-order valence-corrected chi connectivity index (χ1v) is 7.04. The van der Waals surface area contributed by atoms with Crippen LogP contribution in [0.3, 0.4) is 0 Å². The Morgan fingerprint density at radius 2 is 1.95 bits per heavy atom. The number of hydrogen-bond acceptors (Lipinski definition) is 3. The highest BCUT2D eigenvalue weighted by Crippen LogP contribution is 2.26. The molecular weight excluding hydrogens is 248 g/mol.